The molecule has 0 fully saturated rings. The molecule has 0 bridgehead atoms. The van der Waals surface area contributed by atoms with E-state index in [0.29, 0.717) is 18.2 Å². The Morgan fingerprint density at radius 3 is 2.81 bits per heavy atom. The Balaban J connectivity index is 2.63. The molecule has 16 heavy (non-hydrogen) atoms. The Morgan fingerprint density at radius 2 is 2.25 bits per heavy atom. The summed E-state index contributed by atoms with van der Waals surface area (Å²) in [5.41, 5.74) is 0.646. The van der Waals surface area contributed by atoms with E-state index in [2.05, 4.69) is 10.3 Å². The number of carbonyl (C=O) groups is 1. The Bertz CT molecular complexity index is 347. The van der Waals surface area contributed by atoms with Gasteiger partial charge < -0.3 is 15.0 Å². The molecule has 1 amide bonds. The highest BCUT2D eigenvalue weighted by atomic mass is 16.3. The van der Waals surface area contributed by atoms with Gasteiger partial charge in [-0.05, 0) is 12.8 Å². The molecule has 0 aliphatic rings. The third-order valence-corrected chi connectivity index (χ3v) is 2.39. The number of hydrogen-bond donors (Lipinski definition) is 2. The molecule has 1 atom stereocenters. The number of amides is 1. The van der Waals surface area contributed by atoms with E-state index in [1.165, 1.54) is 0 Å². The van der Waals surface area contributed by atoms with Crippen LogP contribution in [0.1, 0.15) is 32.5 Å². The van der Waals surface area contributed by atoms with Crippen LogP contribution in [0, 0.1) is 5.92 Å². The summed E-state index contributed by atoms with van der Waals surface area (Å²) in [6.45, 7) is 6.42. The zero-order valence-corrected chi connectivity index (χ0v) is 9.97. The fourth-order valence-corrected chi connectivity index (χ4v) is 1.38. The molecule has 0 radical (unpaired) electrons. The van der Waals surface area contributed by atoms with E-state index < -0.39 is 0 Å². The Kier molecular flexibility index (Phi) is 4.49. The molecule has 2 N–H and O–H groups in total. The normalized spacial score (nSPS) is 12.8. The number of aliphatic hydroxyl groups excluding tert-OH is 1. The van der Waals surface area contributed by atoms with Gasteiger partial charge in [-0.25, -0.2) is 4.98 Å². The van der Waals surface area contributed by atoms with Crippen molar-refractivity contribution in [3.63, 3.8) is 0 Å². The summed E-state index contributed by atoms with van der Waals surface area (Å²) in [6.07, 6.45) is 3.12. The van der Waals surface area contributed by atoms with Gasteiger partial charge in [0.15, 0.2) is 0 Å². The average Bonchev–Trinajstić information content (AvgIpc) is 2.72. The zero-order valence-electron chi connectivity index (χ0n) is 9.97. The Labute approximate surface area is 95.5 Å². The molecule has 1 aromatic rings. The van der Waals surface area contributed by atoms with Crippen molar-refractivity contribution in [3.8, 4) is 0 Å². The third kappa shape index (κ3) is 3.06. The largest absolute Gasteiger partial charge is 0.390 e. The number of aromatic nitrogens is 2. The van der Waals surface area contributed by atoms with Crippen molar-refractivity contribution >= 4 is 5.91 Å². The van der Waals surface area contributed by atoms with Crippen molar-refractivity contribution in [2.45, 2.75) is 33.4 Å². The van der Waals surface area contributed by atoms with Crippen LogP contribution in [0.3, 0.4) is 0 Å². The fourth-order valence-electron chi connectivity index (χ4n) is 1.38. The molecule has 0 saturated carbocycles. The highest BCUT2D eigenvalue weighted by Gasteiger charge is 2.16. The van der Waals surface area contributed by atoms with Gasteiger partial charge in [0.1, 0.15) is 6.04 Å². The van der Waals surface area contributed by atoms with Crippen molar-refractivity contribution in [1.29, 1.82) is 0 Å². The van der Waals surface area contributed by atoms with E-state index in [4.69, 9.17) is 5.11 Å². The molecule has 1 aromatic heterocycles. The SMILES string of the molecule is CC(C)CNC(=O)C(C)n1cncc1CO. The molecular weight excluding hydrogens is 206 g/mol. The molecule has 1 rings (SSSR count). The van der Waals surface area contributed by atoms with Gasteiger partial charge in [-0.1, -0.05) is 13.8 Å². The lowest BCUT2D eigenvalue weighted by Gasteiger charge is -2.16. The second-order valence-electron chi connectivity index (χ2n) is 4.27. The van der Waals surface area contributed by atoms with Crippen molar-refractivity contribution in [2.24, 2.45) is 5.92 Å². The molecule has 0 saturated heterocycles. The molecular formula is C11H19N3O2. The van der Waals surface area contributed by atoms with Crippen molar-refractivity contribution in [3.05, 3.63) is 18.2 Å². The maximum atomic E-state index is 11.8. The van der Waals surface area contributed by atoms with Crippen LogP contribution in [0.2, 0.25) is 0 Å². The first kappa shape index (κ1) is 12.7. The van der Waals surface area contributed by atoms with E-state index in [1.807, 2.05) is 13.8 Å². The molecule has 90 valence electrons. The molecule has 0 aliphatic carbocycles. The quantitative estimate of drug-likeness (QED) is 0.775. The van der Waals surface area contributed by atoms with Gasteiger partial charge in [0.05, 0.1) is 24.8 Å². The summed E-state index contributed by atoms with van der Waals surface area (Å²) in [5.74, 6) is 0.373. The Morgan fingerprint density at radius 1 is 1.56 bits per heavy atom. The number of rotatable bonds is 5. The molecule has 5 nitrogen and oxygen atoms in total. The first-order chi connectivity index (χ1) is 7.56. The molecule has 1 unspecified atom stereocenters. The maximum absolute atomic E-state index is 11.8. The number of hydrogen-bond acceptors (Lipinski definition) is 3. The number of nitrogens with one attached hydrogen (secondary N) is 1. The maximum Gasteiger partial charge on any atom is 0.242 e. The molecule has 0 aliphatic heterocycles. The van der Waals surface area contributed by atoms with E-state index in [9.17, 15) is 4.79 Å². The highest BCUT2D eigenvalue weighted by molar-refractivity contribution is 5.79. The average molecular weight is 225 g/mol. The van der Waals surface area contributed by atoms with E-state index in [0.717, 1.165) is 0 Å². The first-order valence-corrected chi connectivity index (χ1v) is 5.45. The first-order valence-electron chi connectivity index (χ1n) is 5.45. The van der Waals surface area contributed by atoms with Crippen LogP contribution in [0.5, 0.6) is 0 Å². The lowest BCUT2D eigenvalue weighted by molar-refractivity contribution is -0.124. The predicted molar refractivity (Wildman–Crippen MR) is 60.7 cm³/mol. The smallest absolute Gasteiger partial charge is 0.242 e. The van der Waals surface area contributed by atoms with Gasteiger partial charge in [-0.2, -0.15) is 0 Å². The summed E-state index contributed by atoms with van der Waals surface area (Å²) in [6, 6.07) is -0.344. The van der Waals surface area contributed by atoms with Gasteiger partial charge in [0.25, 0.3) is 0 Å². The van der Waals surface area contributed by atoms with Crippen LogP contribution in [0.4, 0.5) is 0 Å². The van der Waals surface area contributed by atoms with Crippen LogP contribution >= 0.6 is 0 Å². The molecule has 1 heterocycles. The van der Waals surface area contributed by atoms with Crippen LogP contribution in [-0.2, 0) is 11.4 Å². The number of imidazole rings is 1. The van der Waals surface area contributed by atoms with Crippen LogP contribution in [-0.4, -0.2) is 27.1 Å². The van der Waals surface area contributed by atoms with E-state index in [-0.39, 0.29) is 18.6 Å². The molecule has 5 heteroatoms. The van der Waals surface area contributed by atoms with Gasteiger partial charge in [-0.15, -0.1) is 0 Å². The standard InChI is InChI=1S/C11H19N3O2/c1-8(2)4-13-11(16)9(3)14-7-12-5-10(14)6-15/h5,7-9,15H,4,6H2,1-3H3,(H,13,16). The zero-order chi connectivity index (χ0) is 12.1. The number of carbonyl (C=O) groups excluding carboxylic acids is 1. The van der Waals surface area contributed by atoms with Gasteiger partial charge in [-0.3, -0.25) is 4.79 Å². The highest BCUT2D eigenvalue weighted by Crippen LogP contribution is 2.10. The lowest BCUT2D eigenvalue weighted by Crippen LogP contribution is -2.33. The topological polar surface area (TPSA) is 67.2 Å². The van der Waals surface area contributed by atoms with E-state index in [1.54, 1.807) is 24.0 Å². The minimum atomic E-state index is -0.344. The second-order valence-corrected chi connectivity index (χ2v) is 4.27. The monoisotopic (exact) mass is 225 g/mol. The van der Waals surface area contributed by atoms with Crippen molar-refractivity contribution in [1.82, 2.24) is 14.9 Å². The Hall–Kier alpha value is -1.36. The van der Waals surface area contributed by atoms with E-state index >= 15 is 0 Å². The second kappa shape index (κ2) is 5.65. The van der Waals surface area contributed by atoms with Crippen LogP contribution in [0.15, 0.2) is 12.5 Å². The summed E-state index contributed by atoms with van der Waals surface area (Å²) < 4.78 is 1.68. The number of nitrogens with zero attached hydrogens (tertiary/aromatic N) is 2. The van der Waals surface area contributed by atoms with Crippen LogP contribution < -0.4 is 5.32 Å². The van der Waals surface area contributed by atoms with Crippen molar-refractivity contribution in [2.75, 3.05) is 6.54 Å². The summed E-state index contributed by atoms with van der Waals surface area (Å²) in [4.78, 5) is 15.7. The van der Waals surface area contributed by atoms with Crippen molar-refractivity contribution < 1.29 is 9.90 Å². The van der Waals surface area contributed by atoms with Gasteiger partial charge in [0.2, 0.25) is 5.91 Å². The number of aliphatic hydroxyl groups is 1. The predicted octanol–water partition coefficient (Wildman–Crippen LogP) is 0.709. The minimum absolute atomic E-state index is 0.0543. The lowest BCUT2D eigenvalue weighted by atomic mass is 10.2. The van der Waals surface area contributed by atoms with Gasteiger partial charge in [0, 0.05) is 6.54 Å². The third-order valence-electron chi connectivity index (χ3n) is 2.39. The van der Waals surface area contributed by atoms with Crippen LogP contribution in [0.25, 0.3) is 0 Å². The molecule has 0 aromatic carbocycles. The summed E-state index contributed by atoms with van der Waals surface area (Å²) >= 11 is 0. The minimum Gasteiger partial charge on any atom is -0.390 e. The molecule has 0 spiro atoms. The van der Waals surface area contributed by atoms with Gasteiger partial charge >= 0.3 is 0 Å². The summed E-state index contributed by atoms with van der Waals surface area (Å²) in [5, 5.41) is 11.9. The fraction of sp³-hybridized carbons (Fsp3) is 0.636. The summed E-state index contributed by atoms with van der Waals surface area (Å²) in [7, 11) is 0.